The van der Waals surface area contributed by atoms with Crippen molar-refractivity contribution in [3.8, 4) is 5.75 Å². The van der Waals surface area contributed by atoms with E-state index in [1.54, 1.807) is 12.1 Å². The number of carboxylic acids is 1. The number of pyridine rings is 1. The van der Waals surface area contributed by atoms with Gasteiger partial charge in [-0.2, -0.15) is 0 Å². The number of benzene rings is 1. The maximum atomic E-state index is 13.0. The zero-order chi connectivity index (χ0) is 21.1. The first-order chi connectivity index (χ1) is 13.8. The number of carbonyl (C=O) groups is 3. The van der Waals surface area contributed by atoms with Crippen LogP contribution in [0, 0.1) is 0 Å². The maximum Gasteiger partial charge on any atom is 0.322 e. The fourth-order valence-corrected chi connectivity index (χ4v) is 3.15. The van der Waals surface area contributed by atoms with Crippen molar-refractivity contribution in [3.63, 3.8) is 0 Å². The Morgan fingerprint density at radius 1 is 1.21 bits per heavy atom. The minimum Gasteiger partial charge on any atom is -0.507 e. The van der Waals surface area contributed by atoms with Gasteiger partial charge in [-0.3, -0.25) is 19.2 Å². The van der Waals surface area contributed by atoms with Crippen molar-refractivity contribution in [3.05, 3.63) is 62.6 Å². The summed E-state index contributed by atoms with van der Waals surface area (Å²) >= 11 is 0. The molecule has 1 aliphatic rings. The summed E-state index contributed by atoms with van der Waals surface area (Å²) in [6.07, 6.45) is 0.293. The van der Waals surface area contributed by atoms with Crippen LogP contribution in [0.2, 0.25) is 0 Å². The Bertz CT molecular complexity index is 1040. The van der Waals surface area contributed by atoms with Crippen molar-refractivity contribution in [2.45, 2.75) is 19.6 Å². The highest BCUT2D eigenvalue weighted by Gasteiger charge is 2.27. The van der Waals surface area contributed by atoms with E-state index in [9.17, 15) is 24.3 Å². The Kier molecular flexibility index (Phi) is 5.64. The standard InChI is InChI=1S/C19H19N3O7/c20-17(26)11-3-1-10(2-4-11)8-22-13-9-29-6-5-12(13)16(25)15(19(22)28)18(27)21-7-14(23)24/h1-4,25H,5-9H2,(H2,20,26)(H,21,27)(H,23,24). The number of carbonyl (C=O) groups excluding carboxylic acids is 2. The van der Waals surface area contributed by atoms with Crippen LogP contribution in [0.1, 0.15) is 37.5 Å². The number of carboxylic acid groups (broad SMARTS) is 1. The summed E-state index contributed by atoms with van der Waals surface area (Å²) in [4.78, 5) is 47.3. The summed E-state index contributed by atoms with van der Waals surface area (Å²) in [7, 11) is 0. The van der Waals surface area contributed by atoms with Gasteiger partial charge in [0.25, 0.3) is 11.5 Å². The monoisotopic (exact) mass is 401 g/mol. The molecule has 10 nitrogen and oxygen atoms in total. The summed E-state index contributed by atoms with van der Waals surface area (Å²) in [6, 6.07) is 6.29. The van der Waals surface area contributed by atoms with Gasteiger partial charge in [-0.1, -0.05) is 12.1 Å². The largest absolute Gasteiger partial charge is 0.507 e. The van der Waals surface area contributed by atoms with Crippen LogP contribution in [0.15, 0.2) is 29.1 Å². The lowest BCUT2D eigenvalue weighted by atomic mass is 10.0. The number of amides is 2. The molecular weight excluding hydrogens is 382 g/mol. The molecular formula is C19H19N3O7. The van der Waals surface area contributed by atoms with E-state index in [1.165, 1.54) is 16.7 Å². The summed E-state index contributed by atoms with van der Waals surface area (Å²) in [5.74, 6) is -3.29. The van der Waals surface area contributed by atoms with Gasteiger partial charge in [0.15, 0.2) is 0 Å². The van der Waals surface area contributed by atoms with Crippen molar-refractivity contribution in [2.24, 2.45) is 5.73 Å². The van der Waals surface area contributed by atoms with E-state index in [-0.39, 0.29) is 13.2 Å². The average molecular weight is 401 g/mol. The number of hydrogen-bond donors (Lipinski definition) is 4. The van der Waals surface area contributed by atoms with E-state index in [4.69, 9.17) is 15.6 Å². The van der Waals surface area contributed by atoms with Gasteiger partial charge in [0.1, 0.15) is 17.9 Å². The molecule has 152 valence electrons. The Labute approximate surface area is 164 Å². The van der Waals surface area contributed by atoms with Gasteiger partial charge in [-0.05, 0) is 17.7 Å². The second kappa shape index (κ2) is 8.15. The SMILES string of the molecule is NC(=O)c1ccc(Cn2c3c(c(O)c(C(=O)NCC(=O)O)c2=O)CCOC3)cc1. The third kappa shape index (κ3) is 4.11. The van der Waals surface area contributed by atoms with Gasteiger partial charge in [-0.15, -0.1) is 0 Å². The summed E-state index contributed by atoms with van der Waals surface area (Å²) in [6.45, 7) is -0.244. The molecule has 1 aromatic carbocycles. The topological polar surface area (TPSA) is 161 Å². The first-order valence-corrected chi connectivity index (χ1v) is 8.73. The van der Waals surface area contributed by atoms with Crippen molar-refractivity contribution in [1.29, 1.82) is 0 Å². The van der Waals surface area contributed by atoms with Gasteiger partial charge in [0.05, 0.1) is 25.5 Å². The molecule has 2 aromatic rings. The van der Waals surface area contributed by atoms with E-state index < -0.39 is 41.2 Å². The van der Waals surface area contributed by atoms with Gasteiger partial charge in [0, 0.05) is 17.5 Å². The van der Waals surface area contributed by atoms with Crippen LogP contribution in [-0.4, -0.2) is 45.7 Å². The van der Waals surface area contributed by atoms with Crippen LogP contribution >= 0.6 is 0 Å². The smallest absolute Gasteiger partial charge is 0.322 e. The zero-order valence-corrected chi connectivity index (χ0v) is 15.3. The van der Waals surface area contributed by atoms with Crippen LogP contribution in [-0.2, 0) is 29.1 Å². The van der Waals surface area contributed by atoms with Crippen LogP contribution in [0.3, 0.4) is 0 Å². The highest BCUT2D eigenvalue weighted by atomic mass is 16.5. The molecule has 2 amide bonds. The molecule has 0 fully saturated rings. The van der Waals surface area contributed by atoms with Crippen molar-refractivity contribution < 1.29 is 29.3 Å². The Morgan fingerprint density at radius 3 is 2.52 bits per heavy atom. The molecule has 0 atom stereocenters. The number of aromatic nitrogens is 1. The summed E-state index contributed by atoms with van der Waals surface area (Å²) < 4.78 is 6.71. The van der Waals surface area contributed by atoms with E-state index in [0.717, 1.165) is 0 Å². The molecule has 0 bridgehead atoms. The predicted octanol–water partition coefficient (Wildman–Crippen LogP) is -0.412. The summed E-state index contributed by atoms with van der Waals surface area (Å²) in [5.41, 5.74) is 5.76. The molecule has 29 heavy (non-hydrogen) atoms. The number of primary amides is 1. The van der Waals surface area contributed by atoms with Gasteiger partial charge in [-0.25, -0.2) is 0 Å². The Morgan fingerprint density at radius 2 is 1.90 bits per heavy atom. The third-order valence-electron chi connectivity index (χ3n) is 4.60. The second-order valence-corrected chi connectivity index (χ2v) is 6.48. The highest BCUT2D eigenvalue weighted by molar-refractivity contribution is 5.98. The first kappa shape index (κ1) is 20.1. The second-order valence-electron chi connectivity index (χ2n) is 6.48. The number of aromatic hydroxyl groups is 1. The lowest BCUT2D eigenvalue weighted by Crippen LogP contribution is -2.38. The van der Waals surface area contributed by atoms with Gasteiger partial charge < -0.3 is 30.6 Å². The normalized spacial score (nSPS) is 12.8. The molecule has 0 saturated heterocycles. The average Bonchev–Trinajstić information content (AvgIpc) is 2.70. The number of fused-ring (bicyclic) bond motifs is 1. The number of nitrogens with two attached hydrogens (primary N) is 1. The van der Waals surface area contributed by atoms with E-state index in [0.29, 0.717) is 35.4 Å². The molecule has 0 aliphatic carbocycles. The number of nitrogens with zero attached hydrogens (tertiary/aromatic N) is 1. The number of rotatable bonds is 6. The van der Waals surface area contributed by atoms with Crippen LogP contribution in [0.4, 0.5) is 0 Å². The van der Waals surface area contributed by atoms with Gasteiger partial charge in [0.2, 0.25) is 5.91 Å². The Hall–Kier alpha value is -3.66. The molecule has 5 N–H and O–H groups in total. The van der Waals surface area contributed by atoms with E-state index in [1.807, 2.05) is 0 Å². The molecule has 1 aliphatic heterocycles. The van der Waals surface area contributed by atoms with E-state index >= 15 is 0 Å². The molecule has 10 heteroatoms. The lowest BCUT2D eigenvalue weighted by Gasteiger charge is -2.24. The van der Waals surface area contributed by atoms with Crippen molar-refractivity contribution >= 4 is 17.8 Å². The van der Waals surface area contributed by atoms with Crippen LogP contribution < -0.4 is 16.6 Å². The quantitative estimate of drug-likeness (QED) is 0.511. The highest BCUT2D eigenvalue weighted by Crippen LogP contribution is 2.28. The van der Waals surface area contributed by atoms with Crippen molar-refractivity contribution in [2.75, 3.05) is 13.2 Å². The lowest BCUT2D eigenvalue weighted by molar-refractivity contribution is -0.135. The van der Waals surface area contributed by atoms with E-state index in [2.05, 4.69) is 5.32 Å². The molecule has 0 unspecified atom stereocenters. The molecule has 1 aromatic heterocycles. The molecule has 3 rings (SSSR count). The number of hydrogen-bond acceptors (Lipinski definition) is 6. The minimum absolute atomic E-state index is 0.0586. The molecule has 0 radical (unpaired) electrons. The van der Waals surface area contributed by atoms with Crippen LogP contribution in [0.5, 0.6) is 5.75 Å². The summed E-state index contributed by atoms with van der Waals surface area (Å²) in [5, 5.41) is 21.4. The molecule has 2 heterocycles. The first-order valence-electron chi connectivity index (χ1n) is 8.73. The molecule has 0 saturated carbocycles. The number of aliphatic carboxylic acids is 1. The molecule has 0 spiro atoms. The maximum absolute atomic E-state index is 13.0. The number of ether oxygens (including phenoxy) is 1. The predicted molar refractivity (Wildman–Crippen MR) is 99.8 cm³/mol. The van der Waals surface area contributed by atoms with Crippen LogP contribution in [0.25, 0.3) is 0 Å². The van der Waals surface area contributed by atoms with Crippen molar-refractivity contribution in [1.82, 2.24) is 9.88 Å². The van der Waals surface area contributed by atoms with Gasteiger partial charge >= 0.3 is 5.97 Å². The number of nitrogens with one attached hydrogen (secondary N) is 1. The third-order valence-corrected chi connectivity index (χ3v) is 4.60. The fourth-order valence-electron chi connectivity index (χ4n) is 3.15. The Balaban J connectivity index is 2.06. The zero-order valence-electron chi connectivity index (χ0n) is 15.3. The fraction of sp³-hybridized carbons (Fsp3) is 0.263. The minimum atomic E-state index is -1.28.